The zero-order valence-corrected chi connectivity index (χ0v) is 9.79. The van der Waals surface area contributed by atoms with Gasteiger partial charge in [0.15, 0.2) is 5.76 Å². The zero-order valence-electron chi connectivity index (χ0n) is 9.79. The van der Waals surface area contributed by atoms with E-state index >= 15 is 0 Å². The van der Waals surface area contributed by atoms with Crippen LogP contribution in [0.5, 0.6) is 0 Å². The second kappa shape index (κ2) is 4.53. The lowest BCUT2D eigenvalue weighted by atomic mass is 10.1. The first-order chi connectivity index (χ1) is 8.11. The minimum absolute atomic E-state index is 0.0487. The highest BCUT2D eigenvalue weighted by Crippen LogP contribution is 2.17. The van der Waals surface area contributed by atoms with Crippen LogP contribution in [0.25, 0.3) is 0 Å². The molecule has 1 heterocycles. The summed E-state index contributed by atoms with van der Waals surface area (Å²) < 4.78 is 18.9. The number of hydrogen-bond acceptors (Lipinski definition) is 2. The highest BCUT2D eigenvalue weighted by atomic mass is 19.1. The zero-order chi connectivity index (χ0) is 12.4. The number of aryl methyl sites for hydroxylation is 2. The molecule has 0 unspecified atom stereocenters. The Morgan fingerprint density at radius 1 is 1.29 bits per heavy atom. The maximum Gasteiger partial charge on any atom is 0.231 e. The number of rotatable bonds is 3. The standard InChI is InChI=1S/C14H13FO2/c1-3-10-5-7-13(17-10)14(16)11-6-4-9(2)8-12(11)15/h4-8H,3H2,1-2H3. The van der Waals surface area contributed by atoms with Crippen LogP contribution < -0.4 is 0 Å². The summed E-state index contributed by atoms with van der Waals surface area (Å²) in [6, 6.07) is 7.86. The number of ketones is 1. The Morgan fingerprint density at radius 2 is 2.06 bits per heavy atom. The highest BCUT2D eigenvalue weighted by molar-refractivity contribution is 6.07. The van der Waals surface area contributed by atoms with E-state index in [-0.39, 0.29) is 11.3 Å². The van der Waals surface area contributed by atoms with Gasteiger partial charge in [0, 0.05) is 6.42 Å². The van der Waals surface area contributed by atoms with Gasteiger partial charge in [-0.1, -0.05) is 13.0 Å². The van der Waals surface area contributed by atoms with E-state index in [4.69, 9.17) is 4.42 Å². The van der Waals surface area contributed by atoms with Gasteiger partial charge in [-0.3, -0.25) is 4.79 Å². The third kappa shape index (κ3) is 2.28. The molecule has 0 atom stereocenters. The average molecular weight is 232 g/mol. The number of benzene rings is 1. The molecule has 2 aromatic rings. The van der Waals surface area contributed by atoms with Crippen molar-refractivity contribution in [1.82, 2.24) is 0 Å². The fraction of sp³-hybridized carbons (Fsp3) is 0.214. The SMILES string of the molecule is CCc1ccc(C(=O)c2ccc(C)cc2F)o1. The Hall–Kier alpha value is -1.90. The first-order valence-electron chi connectivity index (χ1n) is 5.51. The summed E-state index contributed by atoms with van der Waals surface area (Å²) >= 11 is 0. The second-order valence-electron chi connectivity index (χ2n) is 3.93. The van der Waals surface area contributed by atoms with Crippen molar-refractivity contribution in [3.8, 4) is 0 Å². The van der Waals surface area contributed by atoms with Crippen LogP contribution in [0.4, 0.5) is 4.39 Å². The quantitative estimate of drug-likeness (QED) is 0.758. The van der Waals surface area contributed by atoms with Crippen LogP contribution >= 0.6 is 0 Å². The van der Waals surface area contributed by atoms with Gasteiger partial charge in [-0.25, -0.2) is 4.39 Å². The number of carbonyl (C=O) groups is 1. The molecule has 17 heavy (non-hydrogen) atoms. The van der Waals surface area contributed by atoms with E-state index in [9.17, 15) is 9.18 Å². The molecule has 0 bridgehead atoms. The van der Waals surface area contributed by atoms with E-state index in [1.807, 2.05) is 6.92 Å². The molecule has 0 spiro atoms. The maximum absolute atomic E-state index is 13.6. The van der Waals surface area contributed by atoms with Gasteiger partial charge in [0.05, 0.1) is 5.56 Å². The van der Waals surface area contributed by atoms with Crippen molar-refractivity contribution in [3.05, 3.63) is 58.8 Å². The molecule has 2 nitrogen and oxygen atoms in total. The molecule has 0 saturated carbocycles. The van der Waals surface area contributed by atoms with Crippen molar-refractivity contribution in [3.63, 3.8) is 0 Å². The highest BCUT2D eigenvalue weighted by Gasteiger charge is 2.17. The Morgan fingerprint density at radius 3 is 2.65 bits per heavy atom. The lowest BCUT2D eigenvalue weighted by molar-refractivity contribution is 0.100. The molecule has 0 aliphatic carbocycles. The van der Waals surface area contributed by atoms with Gasteiger partial charge in [0.1, 0.15) is 11.6 Å². The van der Waals surface area contributed by atoms with Crippen LogP contribution in [0.1, 0.15) is 34.4 Å². The van der Waals surface area contributed by atoms with Crippen LogP contribution in [0.3, 0.4) is 0 Å². The van der Waals surface area contributed by atoms with E-state index in [0.29, 0.717) is 6.42 Å². The van der Waals surface area contributed by atoms with E-state index in [1.165, 1.54) is 12.1 Å². The van der Waals surface area contributed by atoms with E-state index in [1.54, 1.807) is 25.1 Å². The van der Waals surface area contributed by atoms with Crippen LogP contribution in [-0.4, -0.2) is 5.78 Å². The normalized spacial score (nSPS) is 10.5. The Kier molecular flexibility index (Phi) is 3.09. The van der Waals surface area contributed by atoms with Crippen LogP contribution in [0, 0.1) is 12.7 Å². The summed E-state index contributed by atoms with van der Waals surface area (Å²) in [4.78, 5) is 12.0. The minimum atomic E-state index is -0.510. The Balaban J connectivity index is 2.36. The van der Waals surface area contributed by atoms with Crippen LogP contribution in [-0.2, 0) is 6.42 Å². The summed E-state index contributed by atoms with van der Waals surface area (Å²) in [5.74, 6) is -0.0166. The van der Waals surface area contributed by atoms with Gasteiger partial charge < -0.3 is 4.42 Å². The van der Waals surface area contributed by atoms with Crippen molar-refractivity contribution >= 4 is 5.78 Å². The molecule has 1 aromatic carbocycles. The molecular weight excluding hydrogens is 219 g/mol. The van der Waals surface area contributed by atoms with Crippen molar-refractivity contribution < 1.29 is 13.6 Å². The topological polar surface area (TPSA) is 30.2 Å². The van der Waals surface area contributed by atoms with E-state index < -0.39 is 11.6 Å². The predicted molar refractivity (Wildman–Crippen MR) is 62.7 cm³/mol. The van der Waals surface area contributed by atoms with Gasteiger partial charge in [0.25, 0.3) is 0 Å². The second-order valence-corrected chi connectivity index (χ2v) is 3.93. The summed E-state index contributed by atoms with van der Waals surface area (Å²) in [5.41, 5.74) is 0.834. The maximum atomic E-state index is 13.6. The van der Waals surface area contributed by atoms with Gasteiger partial charge in [-0.2, -0.15) is 0 Å². The predicted octanol–water partition coefficient (Wildman–Crippen LogP) is 3.52. The van der Waals surface area contributed by atoms with Gasteiger partial charge in [0.2, 0.25) is 5.78 Å². The molecular formula is C14H13FO2. The molecule has 0 fully saturated rings. The van der Waals surface area contributed by atoms with Crippen LogP contribution in [0.15, 0.2) is 34.7 Å². The van der Waals surface area contributed by atoms with Crippen molar-refractivity contribution in [1.29, 1.82) is 0 Å². The van der Waals surface area contributed by atoms with Gasteiger partial charge in [-0.15, -0.1) is 0 Å². The number of halogens is 1. The number of hydrogen-bond donors (Lipinski definition) is 0. The van der Waals surface area contributed by atoms with Crippen molar-refractivity contribution in [2.75, 3.05) is 0 Å². The van der Waals surface area contributed by atoms with E-state index in [0.717, 1.165) is 11.3 Å². The largest absolute Gasteiger partial charge is 0.458 e. The lowest BCUT2D eigenvalue weighted by Gasteiger charge is -2.01. The molecule has 0 aliphatic heterocycles. The molecule has 0 saturated heterocycles. The summed E-state index contributed by atoms with van der Waals surface area (Å²) in [6.45, 7) is 3.71. The Bertz CT molecular complexity index is 555. The minimum Gasteiger partial charge on any atom is -0.458 e. The summed E-state index contributed by atoms with van der Waals surface area (Å²) in [7, 11) is 0. The molecule has 0 radical (unpaired) electrons. The number of carbonyl (C=O) groups excluding carboxylic acids is 1. The molecule has 0 amide bonds. The monoisotopic (exact) mass is 232 g/mol. The molecule has 3 heteroatoms. The van der Waals surface area contributed by atoms with Crippen molar-refractivity contribution in [2.24, 2.45) is 0 Å². The van der Waals surface area contributed by atoms with Crippen molar-refractivity contribution in [2.45, 2.75) is 20.3 Å². The summed E-state index contributed by atoms with van der Waals surface area (Å²) in [5, 5.41) is 0. The summed E-state index contributed by atoms with van der Waals surface area (Å²) in [6.07, 6.45) is 0.712. The van der Waals surface area contributed by atoms with Gasteiger partial charge in [-0.05, 0) is 36.8 Å². The average Bonchev–Trinajstić information content (AvgIpc) is 2.76. The molecule has 1 aromatic heterocycles. The first-order valence-corrected chi connectivity index (χ1v) is 5.51. The smallest absolute Gasteiger partial charge is 0.231 e. The molecule has 0 aliphatic rings. The third-order valence-electron chi connectivity index (χ3n) is 2.60. The fourth-order valence-electron chi connectivity index (χ4n) is 1.63. The molecule has 0 N–H and O–H groups in total. The first kappa shape index (κ1) is 11.6. The molecule has 88 valence electrons. The number of furan rings is 1. The third-order valence-corrected chi connectivity index (χ3v) is 2.60. The van der Waals surface area contributed by atoms with Crippen LogP contribution in [0.2, 0.25) is 0 Å². The van der Waals surface area contributed by atoms with E-state index in [2.05, 4.69) is 0 Å². The molecule has 2 rings (SSSR count). The lowest BCUT2D eigenvalue weighted by Crippen LogP contribution is -2.03. The van der Waals surface area contributed by atoms with Gasteiger partial charge >= 0.3 is 0 Å². The Labute approximate surface area is 99.1 Å². The fourth-order valence-corrected chi connectivity index (χ4v) is 1.63.